The zero-order valence-corrected chi connectivity index (χ0v) is 22.2. The first-order valence-corrected chi connectivity index (χ1v) is 12.4. The predicted molar refractivity (Wildman–Crippen MR) is 144 cm³/mol. The molecular weight excluding hydrogens is 504 g/mol. The van der Waals surface area contributed by atoms with Gasteiger partial charge in [0.05, 0.1) is 28.4 Å². The molecule has 0 saturated carbocycles. The monoisotopic (exact) mass is 533 g/mol. The number of benzene rings is 2. The van der Waals surface area contributed by atoms with Gasteiger partial charge >= 0.3 is 0 Å². The number of anilines is 2. The van der Waals surface area contributed by atoms with Crippen LogP contribution in [-0.4, -0.2) is 73.3 Å². The molecule has 0 atom stereocenters. The van der Waals surface area contributed by atoms with Crippen LogP contribution < -0.4 is 14.8 Å². The lowest BCUT2D eigenvalue weighted by Crippen LogP contribution is -2.39. The van der Waals surface area contributed by atoms with Gasteiger partial charge < -0.3 is 19.7 Å². The summed E-state index contributed by atoms with van der Waals surface area (Å²) >= 11 is 11.9. The molecule has 192 valence electrons. The zero-order chi connectivity index (χ0) is 25.8. The van der Waals surface area contributed by atoms with Crippen LogP contribution in [0.5, 0.6) is 11.5 Å². The highest BCUT2D eigenvalue weighted by molar-refractivity contribution is 6.42. The number of ether oxygens (including phenoxy) is 2. The first-order valence-electron chi connectivity index (χ1n) is 11.7. The van der Waals surface area contributed by atoms with E-state index >= 15 is 0 Å². The van der Waals surface area contributed by atoms with E-state index in [9.17, 15) is 4.39 Å². The summed E-state index contributed by atoms with van der Waals surface area (Å²) in [6.45, 7) is 7.83. The summed E-state index contributed by atoms with van der Waals surface area (Å²) in [4.78, 5) is 13.2. The third-order valence-corrected chi connectivity index (χ3v) is 6.81. The summed E-state index contributed by atoms with van der Waals surface area (Å²) in [6, 6.07) is 6.66. The molecule has 3 aromatic rings. The van der Waals surface area contributed by atoms with Crippen LogP contribution in [0.25, 0.3) is 10.9 Å². The number of halogens is 3. The fourth-order valence-corrected chi connectivity index (χ4v) is 4.65. The number of nitrogens with one attached hydrogen (secondary N) is 1. The summed E-state index contributed by atoms with van der Waals surface area (Å²) in [5, 5.41) is 3.66. The number of aromatic nitrogens is 2. The highest BCUT2D eigenvalue weighted by atomic mass is 35.5. The Kier molecular flexibility index (Phi) is 8.51. The van der Waals surface area contributed by atoms with E-state index in [-0.39, 0.29) is 21.8 Å². The molecule has 0 unspecified atom stereocenters. The van der Waals surface area contributed by atoms with Crippen molar-refractivity contribution in [2.24, 2.45) is 0 Å². The smallest absolute Gasteiger partial charge is 0.166 e. The Morgan fingerprint density at radius 3 is 2.64 bits per heavy atom. The van der Waals surface area contributed by atoms with Gasteiger partial charge in [0.25, 0.3) is 0 Å². The maximum Gasteiger partial charge on any atom is 0.166 e. The van der Waals surface area contributed by atoms with Crippen molar-refractivity contribution in [3.8, 4) is 11.5 Å². The van der Waals surface area contributed by atoms with Crippen molar-refractivity contribution < 1.29 is 13.9 Å². The third-order valence-electron chi connectivity index (χ3n) is 6.02. The van der Waals surface area contributed by atoms with E-state index in [1.54, 1.807) is 13.2 Å². The molecule has 1 fully saturated rings. The summed E-state index contributed by atoms with van der Waals surface area (Å²) in [6.07, 6.45) is 3.23. The van der Waals surface area contributed by atoms with E-state index in [4.69, 9.17) is 32.7 Å². The van der Waals surface area contributed by atoms with E-state index in [0.717, 1.165) is 39.0 Å². The highest BCUT2D eigenvalue weighted by Gasteiger charge is 2.23. The average molecular weight is 534 g/mol. The van der Waals surface area contributed by atoms with Crippen molar-refractivity contribution in [1.82, 2.24) is 19.8 Å². The molecule has 1 aromatic heterocycles. The van der Waals surface area contributed by atoms with E-state index in [1.165, 1.54) is 24.0 Å². The molecule has 7 nitrogen and oxygen atoms in total. The van der Waals surface area contributed by atoms with Gasteiger partial charge in [0.1, 0.15) is 18.2 Å². The predicted octanol–water partition coefficient (Wildman–Crippen LogP) is 5.79. The van der Waals surface area contributed by atoms with Crippen molar-refractivity contribution in [2.75, 3.05) is 52.7 Å². The molecule has 4 rings (SSSR count). The number of methoxy groups -OCH3 is 1. The summed E-state index contributed by atoms with van der Waals surface area (Å²) < 4.78 is 26.6. The van der Waals surface area contributed by atoms with Crippen molar-refractivity contribution in [3.63, 3.8) is 0 Å². The lowest BCUT2D eigenvalue weighted by molar-refractivity contribution is 0.102. The van der Waals surface area contributed by atoms with Gasteiger partial charge in [-0.1, -0.05) is 29.8 Å². The second-order valence-electron chi connectivity index (χ2n) is 9.17. The number of likely N-dealkylation sites (tertiary alicyclic amines) is 1. The van der Waals surface area contributed by atoms with Gasteiger partial charge in [-0.05, 0) is 50.7 Å². The van der Waals surface area contributed by atoms with E-state index in [0.29, 0.717) is 28.2 Å². The van der Waals surface area contributed by atoms with Crippen LogP contribution in [0.1, 0.15) is 12.8 Å². The van der Waals surface area contributed by atoms with Gasteiger partial charge in [-0.2, -0.15) is 0 Å². The molecule has 0 aliphatic carbocycles. The number of hydrogen-bond donors (Lipinski definition) is 1. The van der Waals surface area contributed by atoms with Gasteiger partial charge in [-0.25, -0.2) is 14.4 Å². The standard InChI is InChI=1S/C26H30Cl2FN5O2/c1-16(13-33(2)3)14-34-9-7-17(8-10-34)36-23-11-18-21(12-22(23)35-4)30-15-31-26(18)32-20-6-5-19(27)24(28)25(20)29/h5-6,11-12,15,17H,1,7-10,13-14H2,2-4H3,(H,30,31,32). The Morgan fingerprint density at radius 2 is 1.94 bits per heavy atom. The van der Waals surface area contributed by atoms with Crippen LogP contribution in [0, 0.1) is 5.82 Å². The number of fused-ring (bicyclic) bond motifs is 1. The lowest BCUT2D eigenvalue weighted by atomic mass is 10.1. The second kappa shape index (κ2) is 11.6. The van der Waals surface area contributed by atoms with Crippen LogP contribution in [-0.2, 0) is 0 Å². The topological polar surface area (TPSA) is 62.8 Å². The molecule has 1 N–H and O–H groups in total. The minimum absolute atomic E-state index is 0.0447. The van der Waals surface area contributed by atoms with Crippen molar-refractivity contribution in [2.45, 2.75) is 18.9 Å². The Bertz CT molecular complexity index is 1250. The molecule has 1 saturated heterocycles. The first-order chi connectivity index (χ1) is 17.2. The molecule has 0 amide bonds. The van der Waals surface area contributed by atoms with Crippen LogP contribution in [0.3, 0.4) is 0 Å². The number of piperidine rings is 1. The highest BCUT2D eigenvalue weighted by Crippen LogP contribution is 2.37. The fourth-order valence-electron chi connectivity index (χ4n) is 4.34. The molecule has 0 bridgehead atoms. The Balaban J connectivity index is 1.52. The third kappa shape index (κ3) is 6.18. The molecule has 1 aliphatic heterocycles. The normalized spacial score (nSPS) is 14.9. The lowest BCUT2D eigenvalue weighted by Gasteiger charge is -2.33. The zero-order valence-electron chi connectivity index (χ0n) is 20.7. The SMILES string of the molecule is C=C(CN(C)C)CN1CCC(Oc2cc3c(Nc4ccc(Cl)c(Cl)c4F)ncnc3cc2OC)CC1. The number of rotatable bonds is 9. The molecular formula is C26H30Cl2FN5O2. The van der Waals surface area contributed by atoms with Crippen molar-refractivity contribution >= 4 is 45.6 Å². The molecule has 0 radical (unpaired) electrons. The van der Waals surface area contributed by atoms with Gasteiger partial charge in [0.2, 0.25) is 0 Å². The molecule has 36 heavy (non-hydrogen) atoms. The van der Waals surface area contributed by atoms with Crippen molar-refractivity contribution in [3.05, 3.63) is 58.6 Å². The molecule has 10 heteroatoms. The molecule has 0 spiro atoms. The van der Waals surface area contributed by atoms with Gasteiger partial charge in [-0.3, -0.25) is 4.90 Å². The summed E-state index contributed by atoms with van der Waals surface area (Å²) in [5.74, 6) is 0.933. The van der Waals surface area contributed by atoms with Crippen LogP contribution >= 0.6 is 23.2 Å². The van der Waals surface area contributed by atoms with E-state index in [1.807, 2.05) is 6.07 Å². The molecule has 1 aliphatic rings. The van der Waals surface area contributed by atoms with Crippen molar-refractivity contribution in [1.29, 1.82) is 0 Å². The Morgan fingerprint density at radius 1 is 1.19 bits per heavy atom. The summed E-state index contributed by atoms with van der Waals surface area (Å²) in [7, 11) is 5.70. The minimum Gasteiger partial charge on any atom is -0.493 e. The van der Waals surface area contributed by atoms with Gasteiger partial charge in [0.15, 0.2) is 17.3 Å². The quantitative estimate of drug-likeness (QED) is 0.276. The molecule has 2 heterocycles. The van der Waals surface area contributed by atoms with E-state index in [2.05, 4.69) is 45.8 Å². The van der Waals surface area contributed by atoms with Gasteiger partial charge in [0, 0.05) is 37.6 Å². The average Bonchev–Trinajstić information content (AvgIpc) is 2.85. The maximum atomic E-state index is 14.6. The number of nitrogens with zero attached hydrogens (tertiary/aromatic N) is 4. The van der Waals surface area contributed by atoms with Crippen LogP contribution in [0.4, 0.5) is 15.9 Å². The fraction of sp³-hybridized carbons (Fsp3) is 0.385. The first kappa shape index (κ1) is 26.4. The van der Waals surface area contributed by atoms with Crippen LogP contribution in [0.15, 0.2) is 42.7 Å². The second-order valence-corrected chi connectivity index (χ2v) is 9.96. The maximum absolute atomic E-state index is 14.6. The van der Waals surface area contributed by atoms with Gasteiger partial charge in [-0.15, -0.1) is 0 Å². The number of hydrogen-bond acceptors (Lipinski definition) is 7. The Labute approximate surface area is 220 Å². The summed E-state index contributed by atoms with van der Waals surface area (Å²) in [5.41, 5.74) is 1.99. The Hall–Kier alpha value is -2.65. The largest absolute Gasteiger partial charge is 0.493 e. The van der Waals surface area contributed by atoms with E-state index < -0.39 is 5.82 Å². The van der Waals surface area contributed by atoms with Crippen LogP contribution in [0.2, 0.25) is 10.0 Å². The number of likely N-dealkylation sites (N-methyl/N-ethyl adjacent to an activating group) is 1. The minimum atomic E-state index is -0.652. The molecule has 2 aromatic carbocycles.